The molecule has 0 aliphatic carbocycles. The number of ether oxygens (including phenoxy) is 7. The standard InChI is InChI=1S/C54H100N12O14.8ClH/c1-52(45(67)74-37-44-19-9-8-10-20-44,38-75-46(68)53(2,40-77-48(70)59-25-15-33-63(4)29-11-21-55)41-78-49(71)60-26-16-34-64(5)30-12-22-56)39-76-47(69)54(3,42-79-50(72)61-27-17-35-65(6)31-13-23-57)43-80-51(73)62-28-18-36-66(7)32-14-24-58;;;;;;;;/h8-10,19-20H,11-18,21-43,55-58H2,1-7H3,(H,59,70)(H,60,71)(H,61,72)(H,62,73);8*1H. The van der Waals surface area contributed by atoms with Crippen molar-refractivity contribution in [3.8, 4) is 0 Å². The molecule has 1 aromatic rings. The molecule has 0 spiro atoms. The van der Waals surface area contributed by atoms with Crippen molar-refractivity contribution in [2.45, 2.75) is 78.7 Å². The Morgan fingerprint density at radius 3 is 0.807 bits per heavy atom. The van der Waals surface area contributed by atoms with Crippen molar-refractivity contribution in [1.29, 1.82) is 0 Å². The molecule has 26 nitrogen and oxygen atoms in total. The number of alkyl carbamates (subject to hydrolysis) is 4. The number of halogens is 8. The molecule has 0 fully saturated rings. The smallest absolute Gasteiger partial charge is 0.407 e. The van der Waals surface area contributed by atoms with Gasteiger partial charge in [0, 0.05) is 26.2 Å². The Bertz CT molecular complexity index is 1770. The van der Waals surface area contributed by atoms with E-state index in [9.17, 15) is 33.6 Å². The molecular weight excluding hydrogens is 1320 g/mol. The predicted molar refractivity (Wildman–Crippen MR) is 361 cm³/mol. The third-order valence-corrected chi connectivity index (χ3v) is 12.7. The molecule has 1 rings (SSSR count). The summed E-state index contributed by atoms with van der Waals surface area (Å²) in [5.41, 5.74) is 17.5. The van der Waals surface area contributed by atoms with Crippen molar-refractivity contribution in [2.24, 2.45) is 39.2 Å². The maximum atomic E-state index is 14.3. The van der Waals surface area contributed by atoms with E-state index < -0.39 is 98.2 Å². The number of hydrogen-bond donors (Lipinski definition) is 8. The Morgan fingerprint density at radius 1 is 0.352 bits per heavy atom. The maximum absolute atomic E-state index is 14.3. The fraction of sp³-hybridized carbons (Fsp3) is 0.759. The Hall–Kier alpha value is -3.29. The first-order chi connectivity index (χ1) is 38.1. The van der Waals surface area contributed by atoms with Gasteiger partial charge in [-0.2, -0.15) is 0 Å². The van der Waals surface area contributed by atoms with Crippen LogP contribution in [0, 0.1) is 16.2 Å². The molecule has 0 bridgehead atoms. The quantitative estimate of drug-likeness (QED) is 0.0247. The van der Waals surface area contributed by atoms with Crippen LogP contribution in [0.3, 0.4) is 0 Å². The normalized spacial score (nSPS) is 10.7. The maximum Gasteiger partial charge on any atom is 0.407 e. The van der Waals surface area contributed by atoms with E-state index >= 15 is 0 Å². The highest BCUT2D eigenvalue weighted by Crippen LogP contribution is 2.28. The summed E-state index contributed by atoms with van der Waals surface area (Å²) in [4.78, 5) is 103. The first-order valence-corrected chi connectivity index (χ1v) is 27.9. The Balaban J connectivity index is -0.00000133. The predicted octanol–water partition coefficient (Wildman–Crippen LogP) is 4.80. The second-order valence-electron chi connectivity index (χ2n) is 21.1. The molecule has 0 unspecified atom stereocenters. The van der Waals surface area contributed by atoms with E-state index in [4.69, 9.17) is 56.1 Å². The number of benzene rings is 1. The number of hydrogen-bond acceptors (Lipinski definition) is 22. The van der Waals surface area contributed by atoms with Crippen LogP contribution >= 0.6 is 99.3 Å². The number of esters is 3. The average Bonchev–Trinajstić information content (AvgIpc) is 3.45. The van der Waals surface area contributed by atoms with Gasteiger partial charge in [-0.25, -0.2) is 19.2 Å². The average molecular weight is 1430 g/mol. The lowest BCUT2D eigenvalue weighted by Crippen LogP contribution is -2.47. The van der Waals surface area contributed by atoms with Crippen LogP contribution in [0.5, 0.6) is 0 Å². The fourth-order valence-corrected chi connectivity index (χ4v) is 7.33. The second-order valence-corrected chi connectivity index (χ2v) is 21.1. The Kier molecular flexibility index (Phi) is 68.8. The zero-order valence-corrected chi connectivity index (χ0v) is 58.9. The van der Waals surface area contributed by atoms with Crippen molar-refractivity contribution in [2.75, 3.05) is 173 Å². The van der Waals surface area contributed by atoms with Crippen LogP contribution in [-0.4, -0.2) is 234 Å². The zero-order chi connectivity index (χ0) is 59.7. The van der Waals surface area contributed by atoms with E-state index in [1.54, 1.807) is 30.3 Å². The molecule has 4 amide bonds. The van der Waals surface area contributed by atoms with Crippen LogP contribution in [0.4, 0.5) is 19.2 Å². The lowest BCUT2D eigenvalue weighted by atomic mass is 9.90. The molecule has 524 valence electrons. The summed E-state index contributed by atoms with van der Waals surface area (Å²) in [7, 11) is 7.77. The van der Waals surface area contributed by atoms with E-state index in [1.165, 1.54) is 20.8 Å². The summed E-state index contributed by atoms with van der Waals surface area (Å²) >= 11 is 0. The van der Waals surface area contributed by atoms with Gasteiger partial charge in [0.1, 0.15) is 62.5 Å². The Labute approximate surface area is 572 Å². The molecule has 0 radical (unpaired) electrons. The van der Waals surface area contributed by atoms with Crippen molar-refractivity contribution in [1.82, 2.24) is 40.9 Å². The van der Waals surface area contributed by atoms with Crippen molar-refractivity contribution in [3.05, 3.63) is 35.9 Å². The van der Waals surface area contributed by atoms with Gasteiger partial charge in [0.05, 0.1) is 0 Å². The summed E-state index contributed by atoms with van der Waals surface area (Å²) in [6.07, 6.45) is 2.32. The van der Waals surface area contributed by atoms with Gasteiger partial charge in [-0.05, 0) is 184 Å². The highest BCUT2D eigenvalue weighted by Gasteiger charge is 2.45. The van der Waals surface area contributed by atoms with Crippen molar-refractivity contribution >= 4 is 142 Å². The monoisotopic (exact) mass is 1430 g/mol. The molecule has 0 aliphatic heterocycles. The highest BCUT2D eigenvalue weighted by atomic mass is 35.5. The number of nitrogens with two attached hydrogens (primary N) is 4. The third-order valence-electron chi connectivity index (χ3n) is 12.7. The van der Waals surface area contributed by atoms with Gasteiger partial charge in [-0.1, -0.05) is 30.3 Å². The van der Waals surface area contributed by atoms with Gasteiger partial charge >= 0.3 is 42.3 Å². The van der Waals surface area contributed by atoms with Crippen LogP contribution in [0.1, 0.15) is 77.7 Å². The lowest BCUT2D eigenvalue weighted by molar-refractivity contribution is -0.179. The van der Waals surface area contributed by atoms with Crippen LogP contribution in [0.15, 0.2) is 30.3 Å². The van der Waals surface area contributed by atoms with E-state index in [0.717, 1.165) is 51.9 Å². The minimum Gasteiger partial charge on any atom is -0.464 e. The minimum absolute atomic E-state index is 0. The number of rotatable bonds is 45. The van der Waals surface area contributed by atoms with E-state index in [1.807, 2.05) is 28.2 Å². The number of carbonyl (C=O) groups is 7. The van der Waals surface area contributed by atoms with Gasteiger partial charge in [0.2, 0.25) is 0 Å². The van der Waals surface area contributed by atoms with E-state index in [0.29, 0.717) is 83.6 Å². The van der Waals surface area contributed by atoms with Crippen molar-refractivity contribution in [3.63, 3.8) is 0 Å². The van der Waals surface area contributed by atoms with E-state index in [-0.39, 0.29) is 132 Å². The topological polar surface area (TPSA) is 349 Å². The van der Waals surface area contributed by atoms with Crippen LogP contribution in [0.2, 0.25) is 0 Å². The number of nitrogens with one attached hydrogen (secondary N) is 4. The molecule has 0 atom stereocenters. The molecule has 12 N–H and O–H groups in total. The second kappa shape index (κ2) is 60.0. The van der Waals surface area contributed by atoms with Gasteiger partial charge in [-0.15, -0.1) is 99.3 Å². The number of amides is 4. The molecule has 0 heterocycles. The first-order valence-electron chi connectivity index (χ1n) is 27.9. The molecule has 0 aromatic heterocycles. The van der Waals surface area contributed by atoms with Crippen LogP contribution in [0.25, 0.3) is 0 Å². The molecule has 88 heavy (non-hydrogen) atoms. The lowest BCUT2D eigenvalue weighted by Gasteiger charge is -2.32. The van der Waals surface area contributed by atoms with E-state index in [2.05, 4.69) is 40.9 Å². The SMILES string of the molecule is CN(CCCN)CCCNC(=O)OCC(C)(COC(=O)NCCCN(C)CCCN)C(=O)OCC(C)(COC(=O)C(C)(COC(=O)NCCCN(C)CCCN)COC(=O)NCCCN(C)CCCN)C(=O)OCc1ccccc1.Cl.Cl.Cl.Cl.Cl.Cl.Cl.Cl. The summed E-state index contributed by atoms with van der Waals surface area (Å²) in [6.45, 7) is 9.05. The molecule has 1 aromatic carbocycles. The summed E-state index contributed by atoms with van der Waals surface area (Å²) in [6, 6.07) is 8.75. The first kappa shape index (κ1) is 101. The van der Waals surface area contributed by atoms with Gasteiger partial charge in [0.15, 0.2) is 0 Å². The van der Waals surface area contributed by atoms with Gasteiger partial charge < -0.3 is 97.0 Å². The molecule has 34 heteroatoms. The summed E-state index contributed by atoms with van der Waals surface area (Å²) in [5, 5.41) is 10.6. The highest BCUT2D eigenvalue weighted by molar-refractivity contribution is 5.86. The summed E-state index contributed by atoms with van der Waals surface area (Å²) < 4.78 is 39.3. The zero-order valence-electron chi connectivity index (χ0n) is 52.4. The number of carbonyl (C=O) groups excluding carboxylic acids is 7. The van der Waals surface area contributed by atoms with Crippen LogP contribution in [-0.2, 0) is 54.1 Å². The van der Waals surface area contributed by atoms with Gasteiger partial charge in [0.25, 0.3) is 0 Å². The number of nitrogens with zero attached hydrogens (tertiary/aromatic N) is 4. The fourth-order valence-electron chi connectivity index (χ4n) is 7.33. The van der Waals surface area contributed by atoms with Crippen molar-refractivity contribution < 1.29 is 66.7 Å². The van der Waals surface area contributed by atoms with Gasteiger partial charge in [-0.3, -0.25) is 14.4 Å². The minimum atomic E-state index is -1.92. The Morgan fingerprint density at radius 2 is 0.568 bits per heavy atom. The molecule has 0 aliphatic rings. The summed E-state index contributed by atoms with van der Waals surface area (Å²) in [5.74, 6) is -3.02. The molecule has 0 saturated carbocycles. The third kappa shape index (κ3) is 47.6. The molecule has 0 saturated heterocycles. The largest absolute Gasteiger partial charge is 0.464 e. The van der Waals surface area contributed by atoms with Crippen LogP contribution < -0.4 is 44.2 Å². The molecular formula is C54H108Cl8N12O14.